The van der Waals surface area contributed by atoms with Crippen LogP contribution in [0, 0.1) is 34.6 Å². The molecule has 4 saturated carbocycles. The number of hydrogen-bond donors (Lipinski definition) is 2. The average molecular weight is 518 g/mol. The van der Waals surface area contributed by atoms with Crippen molar-refractivity contribution in [2.75, 3.05) is 31.1 Å². The number of piperazine rings is 1. The van der Waals surface area contributed by atoms with Gasteiger partial charge in [0.15, 0.2) is 0 Å². The normalized spacial score (nSPS) is 32.3. The van der Waals surface area contributed by atoms with Gasteiger partial charge in [-0.1, -0.05) is 12.1 Å². The number of amidine groups is 1. The SMILES string of the molecule is CC(C)(/C(=N\C#N)NC1C2CC3CC1CC(C(=O)O)(C3)C2)N1CCN(c2ccccc2C(F)(F)F)CC1. The number of carboxylic acid groups (broad SMARTS) is 1. The van der Waals surface area contributed by atoms with E-state index in [9.17, 15) is 28.3 Å². The summed E-state index contributed by atoms with van der Waals surface area (Å²) in [7, 11) is 0. The van der Waals surface area contributed by atoms with Crippen LogP contribution < -0.4 is 10.2 Å². The van der Waals surface area contributed by atoms with Gasteiger partial charge >= 0.3 is 12.1 Å². The lowest BCUT2D eigenvalue weighted by atomic mass is 9.48. The minimum absolute atomic E-state index is 0.0790. The van der Waals surface area contributed by atoms with Crippen LogP contribution in [0.15, 0.2) is 29.3 Å². The monoisotopic (exact) mass is 517 g/mol. The zero-order chi connectivity index (χ0) is 26.6. The van der Waals surface area contributed by atoms with Crippen molar-refractivity contribution in [3.8, 4) is 6.19 Å². The number of nitrogens with zero attached hydrogens (tertiary/aromatic N) is 4. The molecular formula is C27H34F3N5O2. The molecule has 2 atom stereocenters. The molecule has 2 N–H and O–H groups in total. The summed E-state index contributed by atoms with van der Waals surface area (Å²) in [5, 5.41) is 23.0. The number of carboxylic acids is 1. The highest BCUT2D eigenvalue weighted by Gasteiger charge is 2.59. The summed E-state index contributed by atoms with van der Waals surface area (Å²) in [5.74, 6) is 0.793. The lowest BCUT2D eigenvalue weighted by Crippen LogP contribution is -2.66. The standard InChI is InChI=1S/C27H34F3N5O2/c1-25(2,35-9-7-34(8-10-35)21-6-4-3-5-20(21)27(28,29)30)23(32-16-31)33-22-18-11-17-12-19(22)15-26(13-17,14-18)24(36)37/h3-6,17-19,22H,7-15H2,1-2H3,(H,32,33)(H,36,37). The van der Waals surface area contributed by atoms with Crippen molar-refractivity contribution in [1.29, 1.82) is 5.26 Å². The Kier molecular flexibility index (Phi) is 6.42. The number of alkyl halides is 3. The van der Waals surface area contributed by atoms with Crippen molar-refractivity contribution >= 4 is 17.5 Å². The third-order valence-corrected chi connectivity index (χ3v) is 9.39. The zero-order valence-corrected chi connectivity index (χ0v) is 21.3. The fourth-order valence-electron chi connectivity index (χ4n) is 7.72. The number of nitrogens with one attached hydrogen (secondary N) is 1. The van der Waals surface area contributed by atoms with Gasteiger partial charge in [-0.05, 0) is 75.8 Å². The predicted octanol–water partition coefficient (Wildman–Crippen LogP) is 4.35. The summed E-state index contributed by atoms with van der Waals surface area (Å²) in [6, 6.07) is 5.75. The fraction of sp³-hybridized carbons (Fsp3) is 0.667. The molecule has 0 spiro atoms. The highest BCUT2D eigenvalue weighted by Crippen LogP contribution is 2.60. The molecule has 7 nitrogen and oxygen atoms in total. The third-order valence-electron chi connectivity index (χ3n) is 9.39. The predicted molar refractivity (Wildman–Crippen MR) is 133 cm³/mol. The van der Waals surface area contributed by atoms with E-state index in [0.29, 0.717) is 50.8 Å². The van der Waals surface area contributed by atoms with Crippen molar-refractivity contribution in [2.24, 2.45) is 28.2 Å². The molecule has 5 aliphatic rings. The molecule has 10 heteroatoms. The van der Waals surface area contributed by atoms with E-state index in [0.717, 1.165) is 25.3 Å². The number of rotatable bonds is 5. The zero-order valence-electron chi connectivity index (χ0n) is 21.3. The van der Waals surface area contributed by atoms with E-state index < -0.39 is 28.7 Å². The summed E-state index contributed by atoms with van der Waals surface area (Å²) in [5.41, 5.74) is -1.68. The average Bonchev–Trinajstić information content (AvgIpc) is 2.84. The van der Waals surface area contributed by atoms with Crippen LogP contribution in [0.4, 0.5) is 18.9 Å². The Morgan fingerprint density at radius 1 is 1.11 bits per heavy atom. The minimum Gasteiger partial charge on any atom is -0.481 e. The number of hydrogen-bond acceptors (Lipinski definition) is 5. The molecule has 1 aliphatic heterocycles. The second-order valence-corrected chi connectivity index (χ2v) is 11.8. The van der Waals surface area contributed by atoms with Crippen LogP contribution in [-0.4, -0.2) is 59.6 Å². The first-order valence-electron chi connectivity index (χ1n) is 13.1. The van der Waals surface area contributed by atoms with Crippen LogP contribution in [0.1, 0.15) is 51.5 Å². The smallest absolute Gasteiger partial charge is 0.418 e. The Hall–Kier alpha value is -2.80. The summed E-state index contributed by atoms with van der Waals surface area (Å²) in [4.78, 5) is 20.2. The largest absolute Gasteiger partial charge is 0.481 e. The lowest BCUT2D eigenvalue weighted by Gasteiger charge is -2.59. The molecule has 0 radical (unpaired) electrons. The van der Waals surface area contributed by atoms with Gasteiger partial charge in [-0.3, -0.25) is 9.69 Å². The van der Waals surface area contributed by atoms with Gasteiger partial charge in [0, 0.05) is 37.9 Å². The second-order valence-electron chi connectivity index (χ2n) is 11.8. The van der Waals surface area contributed by atoms with E-state index in [1.54, 1.807) is 11.0 Å². The topological polar surface area (TPSA) is 92.0 Å². The molecular weight excluding hydrogens is 483 g/mol. The van der Waals surface area contributed by atoms with E-state index in [1.165, 1.54) is 12.1 Å². The Labute approximate surface area is 215 Å². The van der Waals surface area contributed by atoms with Crippen LogP contribution in [0.3, 0.4) is 0 Å². The van der Waals surface area contributed by atoms with Crippen LogP contribution in [0.2, 0.25) is 0 Å². The molecule has 5 fully saturated rings. The van der Waals surface area contributed by atoms with E-state index in [1.807, 2.05) is 20.0 Å². The number of halogens is 3. The van der Waals surface area contributed by atoms with Gasteiger partial charge in [-0.15, -0.1) is 0 Å². The third kappa shape index (κ3) is 4.56. The quantitative estimate of drug-likeness (QED) is 0.343. The van der Waals surface area contributed by atoms with Gasteiger partial charge in [0.1, 0.15) is 5.84 Å². The second kappa shape index (κ2) is 9.19. The molecule has 1 aromatic carbocycles. The first-order chi connectivity index (χ1) is 17.4. The molecule has 6 rings (SSSR count). The first kappa shape index (κ1) is 25.8. The van der Waals surface area contributed by atoms with Crippen molar-refractivity contribution in [1.82, 2.24) is 10.2 Å². The molecule has 0 aromatic heterocycles. The van der Waals surface area contributed by atoms with Crippen LogP contribution in [0.25, 0.3) is 0 Å². The molecule has 4 bridgehead atoms. The minimum atomic E-state index is -4.42. The maximum absolute atomic E-state index is 13.6. The van der Waals surface area contributed by atoms with Crippen molar-refractivity contribution in [3.05, 3.63) is 29.8 Å². The van der Waals surface area contributed by atoms with Gasteiger partial charge in [0.2, 0.25) is 6.19 Å². The maximum Gasteiger partial charge on any atom is 0.418 e. The van der Waals surface area contributed by atoms with Gasteiger partial charge in [-0.25, -0.2) is 0 Å². The van der Waals surface area contributed by atoms with Gasteiger partial charge in [0.05, 0.1) is 16.5 Å². The molecule has 1 saturated heterocycles. The number of carbonyl (C=O) groups is 1. The summed E-state index contributed by atoms with van der Waals surface area (Å²) >= 11 is 0. The summed E-state index contributed by atoms with van der Waals surface area (Å²) in [6.45, 7) is 5.87. The number of aliphatic carboxylic acids is 1. The number of nitriles is 1. The maximum atomic E-state index is 13.6. The van der Waals surface area contributed by atoms with E-state index >= 15 is 0 Å². The molecule has 37 heavy (non-hydrogen) atoms. The lowest BCUT2D eigenvalue weighted by molar-refractivity contribution is -0.166. The molecule has 4 aliphatic carbocycles. The van der Waals surface area contributed by atoms with E-state index in [4.69, 9.17) is 0 Å². The Balaban J connectivity index is 1.29. The van der Waals surface area contributed by atoms with Crippen molar-refractivity contribution in [2.45, 2.75) is 63.7 Å². The van der Waals surface area contributed by atoms with Crippen molar-refractivity contribution < 1.29 is 23.1 Å². The van der Waals surface area contributed by atoms with Gasteiger partial charge < -0.3 is 15.3 Å². The van der Waals surface area contributed by atoms with E-state index in [2.05, 4.69) is 15.2 Å². The Morgan fingerprint density at radius 3 is 2.30 bits per heavy atom. The number of benzene rings is 1. The van der Waals surface area contributed by atoms with Crippen molar-refractivity contribution in [3.63, 3.8) is 0 Å². The highest BCUT2D eigenvalue weighted by molar-refractivity contribution is 5.92. The van der Waals surface area contributed by atoms with Gasteiger partial charge in [0.25, 0.3) is 0 Å². The van der Waals surface area contributed by atoms with Crippen LogP contribution in [0.5, 0.6) is 0 Å². The Bertz CT molecular complexity index is 1100. The molecule has 0 amide bonds. The molecule has 200 valence electrons. The molecule has 1 aromatic rings. The summed E-state index contributed by atoms with van der Waals surface area (Å²) < 4.78 is 40.7. The number of para-hydroxylation sites is 1. The Morgan fingerprint density at radius 2 is 1.73 bits per heavy atom. The van der Waals surface area contributed by atoms with Crippen LogP contribution in [-0.2, 0) is 11.0 Å². The molecule has 1 heterocycles. The first-order valence-corrected chi connectivity index (χ1v) is 13.1. The van der Waals surface area contributed by atoms with E-state index in [-0.39, 0.29) is 23.6 Å². The number of anilines is 1. The highest BCUT2D eigenvalue weighted by atomic mass is 19.4. The fourth-order valence-corrected chi connectivity index (χ4v) is 7.72. The van der Waals surface area contributed by atoms with Gasteiger partial charge in [-0.2, -0.15) is 23.4 Å². The molecule has 2 unspecified atom stereocenters. The van der Waals surface area contributed by atoms with Crippen LogP contribution >= 0.6 is 0 Å². The summed E-state index contributed by atoms with van der Waals surface area (Å²) in [6.07, 6.45) is 1.61. The number of aliphatic imine (C=N–C) groups is 1.